The molecule has 1 aromatic rings. The Kier molecular flexibility index (Phi) is 4.02. The van der Waals surface area contributed by atoms with E-state index < -0.39 is 0 Å². The second-order valence-corrected chi connectivity index (χ2v) is 4.45. The number of hydrogen-bond donors (Lipinski definition) is 1. The Hall–Kier alpha value is -1.78. The van der Waals surface area contributed by atoms with E-state index in [-0.39, 0.29) is 11.9 Å². The second-order valence-electron chi connectivity index (χ2n) is 4.45. The fourth-order valence-corrected chi connectivity index (χ4v) is 2.30. The molecule has 18 heavy (non-hydrogen) atoms. The Balaban J connectivity index is 2.07. The van der Waals surface area contributed by atoms with Crippen LogP contribution in [0.4, 0.5) is 11.5 Å². The van der Waals surface area contributed by atoms with Gasteiger partial charge in [-0.1, -0.05) is 0 Å². The van der Waals surface area contributed by atoms with Crippen molar-refractivity contribution in [3.8, 4) is 0 Å². The number of nitrogens with two attached hydrogens (primary N) is 1. The zero-order valence-electron chi connectivity index (χ0n) is 10.6. The molecule has 1 atom stereocenters. The highest BCUT2D eigenvalue weighted by Crippen LogP contribution is 2.26. The minimum Gasteiger partial charge on any atom is -0.466 e. The van der Waals surface area contributed by atoms with Gasteiger partial charge in [0.2, 0.25) is 0 Å². The van der Waals surface area contributed by atoms with Crippen molar-refractivity contribution in [3.63, 3.8) is 0 Å². The summed E-state index contributed by atoms with van der Waals surface area (Å²) in [5.41, 5.74) is 6.57. The van der Waals surface area contributed by atoms with Crippen LogP contribution < -0.4 is 10.6 Å². The molecule has 0 bridgehead atoms. The fourth-order valence-electron chi connectivity index (χ4n) is 2.30. The molecule has 0 aromatic carbocycles. The predicted octanol–water partition coefficient (Wildman–Crippen LogP) is 1.44. The van der Waals surface area contributed by atoms with Crippen molar-refractivity contribution in [2.75, 3.05) is 30.3 Å². The number of aromatic nitrogens is 1. The van der Waals surface area contributed by atoms with E-state index in [9.17, 15) is 4.79 Å². The highest BCUT2D eigenvalue weighted by Gasteiger charge is 2.28. The van der Waals surface area contributed by atoms with Crippen LogP contribution in [0.5, 0.6) is 0 Å². The lowest BCUT2D eigenvalue weighted by Crippen LogP contribution is -2.40. The summed E-state index contributed by atoms with van der Waals surface area (Å²) in [6.07, 6.45) is 3.56. The molecule has 0 saturated carbocycles. The van der Waals surface area contributed by atoms with Gasteiger partial charge < -0.3 is 15.4 Å². The first-order valence-electron chi connectivity index (χ1n) is 6.34. The van der Waals surface area contributed by atoms with Crippen LogP contribution in [0.25, 0.3) is 0 Å². The number of rotatable bonds is 3. The van der Waals surface area contributed by atoms with Crippen LogP contribution in [0, 0.1) is 5.92 Å². The van der Waals surface area contributed by atoms with Gasteiger partial charge in [-0.3, -0.25) is 4.79 Å². The fraction of sp³-hybridized carbons (Fsp3) is 0.538. The largest absolute Gasteiger partial charge is 0.466 e. The van der Waals surface area contributed by atoms with Gasteiger partial charge in [0.1, 0.15) is 0 Å². The molecule has 2 N–H and O–H groups in total. The van der Waals surface area contributed by atoms with E-state index in [0.29, 0.717) is 18.8 Å². The van der Waals surface area contributed by atoms with Gasteiger partial charge >= 0.3 is 5.97 Å². The van der Waals surface area contributed by atoms with Gasteiger partial charge in [0.15, 0.2) is 5.82 Å². The molecule has 1 fully saturated rings. The number of pyridine rings is 1. The van der Waals surface area contributed by atoms with Crippen LogP contribution in [0.2, 0.25) is 0 Å². The molecule has 0 spiro atoms. The molecule has 5 heteroatoms. The summed E-state index contributed by atoms with van der Waals surface area (Å²) < 4.78 is 5.08. The lowest BCUT2D eigenvalue weighted by atomic mass is 9.98. The third kappa shape index (κ3) is 2.72. The number of anilines is 2. The van der Waals surface area contributed by atoms with E-state index in [0.717, 1.165) is 25.2 Å². The molecular formula is C13H19N3O2. The number of nitrogens with zero attached hydrogens (tertiary/aromatic N) is 2. The standard InChI is InChI=1S/C13H19N3O2/c1-2-18-13(17)10-5-4-8-16(9-10)12-11(14)6-3-7-15-12/h3,6-7,10H,2,4-5,8-9,14H2,1H3/t10-/m0/s1. The molecule has 1 saturated heterocycles. The summed E-state index contributed by atoms with van der Waals surface area (Å²) in [5.74, 6) is 0.586. The van der Waals surface area contributed by atoms with Crippen molar-refractivity contribution >= 4 is 17.5 Å². The Morgan fingerprint density at radius 3 is 3.22 bits per heavy atom. The summed E-state index contributed by atoms with van der Waals surface area (Å²) in [5, 5.41) is 0. The molecule has 0 unspecified atom stereocenters. The summed E-state index contributed by atoms with van der Waals surface area (Å²) >= 11 is 0. The molecule has 1 aromatic heterocycles. The third-order valence-electron chi connectivity index (χ3n) is 3.16. The van der Waals surface area contributed by atoms with Gasteiger partial charge in [-0.15, -0.1) is 0 Å². The topological polar surface area (TPSA) is 68.5 Å². The van der Waals surface area contributed by atoms with E-state index in [4.69, 9.17) is 10.5 Å². The zero-order valence-corrected chi connectivity index (χ0v) is 10.6. The molecule has 2 heterocycles. The maximum atomic E-state index is 11.8. The van der Waals surface area contributed by atoms with Crippen molar-refractivity contribution < 1.29 is 9.53 Å². The number of nitrogen functional groups attached to an aromatic ring is 1. The first-order chi connectivity index (χ1) is 8.72. The van der Waals surface area contributed by atoms with Crippen molar-refractivity contribution in [1.29, 1.82) is 0 Å². The lowest BCUT2D eigenvalue weighted by Gasteiger charge is -2.32. The van der Waals surface area contributed by atoms with Gasteiger partial charge in [-0.2, -0.15) is 0 Å². The van der Waals surface area contributed by atoms with Crippen LogP contribution in [0.15, 0.2) is 18.3 Å². The first-order valence-corrected chi connectivity index (χ1v) is 6.34. The highest BCUT2D eigenvalue weighted by molar-refractivity contribution is 5.74. The summed E-state index contributed by atoms with van der Waals surface area (Å²) in [7, 11) is 0. The lowest BCUT2D eigenvalue weighted by molar-refractivity contribution is -0.148. The number of piperidine rings is 1. The molecule has 0 aliphatic carbocycles. The highest BCUT2D eigenvalue weighted by atomic mass is 16.5. The predicted molar refractivity (Wildman–Crippen MR) is 70.2 cm³/mol. The van der Waals surface area contributed by atoms with Gasteiger partial charge in [0.25, 0.3) is 0 Å². The Morgan fingerprint density at radius 2 is 2.50 bits per heavy atom. The molecule has 98 valence electrons. The minimum atomic E-state index is -0.114. The van der Waals surface area contributed by atoms with Gasteiger partial charge in [-0.25, -0.2) is 4.98 Å². The van der Waals surface area contributed by atoms with Crippen LogP contribution in [0.1, 0.15) is 19.8 Å². The average Bonchev–Trinajstić information content (AvgIpc) is 2.40. The monoisotopic (exact) mass is 249 g/mol. The van der Waals surface area contributed by atoms with Crippen molar-refractivity contribution in [1.82, 2.24) is 4.98 Å². The molecule has 1 aliphatic rings. The summed E-state index contributed by atoms with van der Waals surface area (Å²) in [4.78, 5) is 18.1. The van der Waals surface area contributed by atoms with Crippen LogP contribution in [-0.4, -0.2) is 30.6 Å². The van der Waals surface area contributed by atoms with Crippen LogP contribution in [0.3, 0.4) is 0 Å². The quantitative estimate of drug-likeness (QED) is 0.821. The van der Waals surface area contributed by atoms with E-state index in [1.807, 2.05) is 19.1 Å². The normalized spacial score (nSPS) is 19.6. The van der Waals surface area contributed by atoms with E-state index in [1.54, 1.807) is 6.20 Å². The maximum absolute atomic E-state index is 11.8. The summed E-state index contributed by atoms with van der Waals surface area (Å²) in [6, 6.07) is 3.64. The van der Waals surface area contributed by atoms with Gasteiger partial charge in [0.05, 0.1) is 18.2 Å². The number of hydrogen-bond acceptors (Lipinski definition) is 5. The Bertz CT molecular complexity index is 422. The number of carbonyl (C=O) groups is 1. The molecule has 2 rings (SSSR count). The van der Waals surface area contributed by atoms with Crippen LogP contribution >= 0.6 is 0 Å². The van der Waals surface area contributed by atoms with Gasteiger partial charge in [-0.05, 0) is 31.9 Å². The summed E-state index contributed by atoms with van der Waals surface area (Å²) in [6.45, 7) is 3.79. The Morgan fingerprint density at radius 1 is 1.67 bits per heavy atom. The second kappa shape index (κ2) is 5.71. The minimum absolute atomic E-state index is 0.0693. The van der Waals surface area contributed by atoms with E-state index in [1.165, 1.54) is 0 Å². The molecule has 1 aliphatic heterocycles. The SMILES string of the molecule is CCOC(=O)[C@H]1CCCN(c2ncccc2N)C1. The number of esters is 1. The van der Waals surface area contributed by atoms with Crippen LogP contribution in [-0.2, 0) is 9.53 Å². The van der Waals surface area contributed by atoms with E-state index in [2.05, 4.69) is 9.88 Å². The molecule has 5 nitrogen and oxygen atoms in total. The molecule has 0 amide bonds. The van der Waals surface area contributed by atoms with Crippen molar-refractivity contribution in [2.45, 2.75) is 19.8 Å². The maximum Gasteiger partial charge on any atom is 0.310 e. The van der Waals surface area contributed by atoms with E-state index >= 15 is 0 Å². The number of carbonyl (C=O) groups excluding carboxylic acids is 1. The molecular weight excluding hydrogens is 230 g/mol. The average molecular weight is 249 g/mol. The van der Waals surface area contributed by atoms with Crippen molar-refractivity contribution in [2.24, 2.45) is 5.92 Å². The smallest absolute Gasteiger partial charge is 0.310 e. The third-order valence-corrected chi connectivity index (χ3v) is 3.16. The zero-order chi connectivity index (χ0) is 13.0. The first kappa shape index (κ1) is 12.7. The number of ether oxygens (including phenoxy) is 1. The molecule has 0 radical (unpaired) electrons. The Labute approximate surface area is 107 Å². The van der Waals surface area contributed by atoms with Crippen molar-refractivity contribution in [3.05, 3.63) is 18.3 Å². The van der Waals surface area contributed by atoms with Gasteiger partial charge in [0, 0.05) is 19.3 Å².